The van der Waals surface area contributed by atoms with Crippen LogP contribution in [0.4, 0.5) is 0 Å². The SMILES string of the molecule is C=CCn1c(S[C@H](C)C(=O)NC(C)(C)C)nc2sc3c(c2c1=O)CCCCC3. The van der Waals surface area contributed by atoms with Crippen LogP contribution >= 0.6 is 23.1 Å². The maximum Gasteiger partial charge on any atom is 0.263 e. The first-order valence-corrected chi connectivity index (χ1v) is 11.6. The molecule has 1 amide bonds. The van der Waals surface area contributed by atoms with Crippen molar-refractivity contribution >= 4 is 39.2 Å². The van der Waals surface area contributed by atoms with E-state index in [2.05, 4.69) is 11.9 Å². The van der Waals surface area contributed by atoms with Crippen LogP contribution < -0.4 is 10.9 Å². The van der Waals surface area contributed by atoms with Gasteiger partial charge in [-0.1, -0.05) is 24.3 Å². The number of hydrogen-bond donors (Lipinski definition) is 1. The first-order valence-electron chi connectivity index (χ1n) is 9.86. The van der Waals surface area contributed by atoms with Crippen molar-refractivity contribution in [3.8, 4) is 0 Å². The molecule has 152 valence electrons. The van der Waals surface area contributed by atoms with Crippen molar-refractivity contribution in [3.05, 3.63) is 33.4 Å². The molecule has 2 aromatic rings. The summed E-state index contributed by atoms with van der Waals surface area (Å²) in [4.78, 5) is 32.8. The maximum absolute atomic E-state index is 13.3. The first kappa shape index (κ1) is 21.1. The predicted molar refractivity (Wildman–Crippen MR) is 119 cm³/mol. The Hall–Kier alpha value is -1.60. The van der Waals surface area contributed by atoms with Crippen LogP contribution in [-0.4, -0.2) is 26.2 Å². The highest BCUT2D eigenvalue weighted by molar-refractivity contribution is 8.00. The summed E-state index contributed by atoms with van der Waals surface area (Å²) in [5.41, 5.74) is 0.896. The van der Waals surface area contributed by atoms with Crippen LogP contribution in [-0.2, 0) is 24.2 Å². The van der Waals surface area contributed by atoms with Gasteiger partial charge >= 0.3 is 0 Å². The molecular formula is C21H29N3O2S2. The van der Waals surface area contributed by atoms with E-state index in [4.69, 9.17) is 4.98 Å². The number of fused-ring (bicyclic) bond motifs is 3. The quantitative estimate of drug-likeness (QED) is 0.339. The lowest BCUT2D eigenvalue weighted by molar-refractivity contribution is -0.121. The molecule has 1 atom stereocenters. The van der Waals surface area contributed by atoms with Crippen LogP contribution in [0.3, 0.4) is 0 Å². The van der Waals surface area contributed by atoms with Gasteiger partial charge in [0.2, 0.25) is 5.91 Å². The number of thioether (sulfide) groups is 1. The van der Waals surface area contributed by atoms with Gasteiger partial charge in [0.1, 0.15) is 4.83 Å². The zero-order valence-electron chi connectivity index (χ0n) is 17.1. The topological polar surface area (TPSA) is 64.0 Å². The number of hydrogen-bond acceptors (Lipinski definition) is 5. The van der Waals surface area contributed by atoms with E-state index < -0.39 is 0 Å². The fourth-order valence-electron chi connectivity index (χ4n) is 3.46. The van der Waals surface area contributed by atoms with Crippen LogP contribution in [0.25, 0.3) is 10.2 Å². The molecule has 2 aromatic heterocycles. The monoisotopic (exact) mass is 419 g/mol. The second kappa shape index (κ2) is 8.41. The minimum atomic E-state index is -0.350. The summed E-state index contributed by atoms with van der Waals surface area (Å²) in [6, 6.07) is 0. The molecule has 0 saturated carbocycles. The molecule has 1 aliphatic carbocycles. The number of aromatic nitrogens is 2. The van der Waals surface area contributed by atoms with Gasteiger partial charge in [0, 0.05) is 17.0 Å². The Morgan fingerprint density at radius 1 is 1.36 bits per heavy atom. The highest BCUT2D eigenvalue weighted by Crippen LogP contribution is 2.34. The Morgan fingerprint density at radius 3 is 2.75 bits per heavy atom. The number of aryl methyl sites for hydroxylation is 2. The molecular weight excluding hydrogens is 390 g/mol. The van der Waals surface area contributed by atoms with E-state index in [-0.39, 0.29) is 22.3 Å². The number of allylic oxidation sites excluding steroid dienone is 1. The minimum Gasteiger partial charge on any atom is -0.351 e. The third-order valence-electron chi connectivity index (χ3n) is 4.75. The standard InChI is InChI=1S/C21H29N3O2S2/c1-6-12-24-19(26)16-14-10-8-7-9-11-15(14)28-18(16)22-20(24)27-13(2)17(25)23-21(3,4)5/h6,13H,1,7-12H2,2-5H3,(H,23,25)/t13-/m1/s1. The number of amides is 1. The van der Waals surface area contributed by atoms with Crippen molar-refractivity contribution in [3.63, 3.8) is 0 Å². The fourth-order valence-corrected chi connectivity index (χ4v) is 5.68. The summed E-state index contributed by atoms with van der Waals surface area (Å²) in [5.74, 6) is -0.0565. The number of carbonyl (C=O) groups is 1. The van der Waals surface area contributed by atoms with Crippen molar-refractivity contribution in [2.45, 2.75) is 82.3 Å². The number of carbonyl (C=O) groups excluding carboxylic acids is 1. The Labute approximate surface area is 174 Å². The minimum absolute atomic E-state index is 0.00442. The molecule has 1 aliphatic rings. The van der Waals surface area contributed by atoms with E-state index in [0.29, 0.717) is 11.7 Å². The van der Waals surface area contributed by atoms with Gasteiger partial charge < -0.3 is 5.32 Å². The Kier molecular flexibility index (Phi) is 6.34. The number of nitrogens with one attached hydrogen (secondary N) is 1. The Balaban J connectivity index is 2.02. The van der Waals surface area contributed by atoms with Gasteiger partial charge in [-0.05, 0) is 58.9 Å². The van der Waals surface area contributed by atoms with E-state index in [9.17, 15) is 9.59 Å². The molecule has 1 N–H and O–H groups in total. The van der Waals surface area contributed by atoms with Crippen LogP contribution in [0, 0.1) is 0 Å². The zero-order chi connectivity index (χ0) is 20.5. The van der Waals surface area contributed by atoms with E-state index in [1.165, 1.54) is 35.0 Å². The molecule has 0 bridgehead atoms. The summed E-state index contributed by atoms with van der Waals surface area (Å²) in [7, 11) is 0. The lowest BCUT2D eigenvalue weighted by Crippen LogP contribution is -2.44. The maximum atomic E-state index is 13.3. The van der Waals surface area contributed by atoms with E-state index >= 15 is 0 Å². The van der Waals surface area contributed by atoms with Crippen LogP contribution in [0.15, 0.2) is 22.6 Å². The Bertz CT molecular complexity index is 953. The molecule has 0 fully saturated rings. The average molecular weight is 420 g/mol. The third-order valence-corrected chi connectivity index (χ3v) is 7.03. The summed E-state index contributed by atoms with van der Waals surface area (Å²) < 4.78 is 1.67. The zero-order valence-corrected chi connectivity index (χ0v) is 18.8. The van der Waals surface area contributed by atoms with Gasteiger partial charge in [-0.25, -0.2) is 4.98 Å². The summed E-state index contributed by atoms with van der Waals surface area (Å²) >= 11 is 2.99. The molecule has 0 radical (unpaired) electrons. The second-order valence-corrected chi connectivity index (χ2v) is 10.7. The van der Waals surface area contributed by atoms with E-state index in [1.807, 2.05) is 27.7 Å². The van der Waals surface area contributed by atoms with Crippen molar-refractivity contribution in [2.24, 2.45) is 0 Å². The van der Waals surface area contributed by atoms with Gasteiger partial charge in [-0.2, -0.15) is 0 Å². The molecule has 5 nitrogen and oxygen atoms in total. The number of nitrogens with zero attached hydrogens (tertiary/aromatic N) is 2. The molecule has 0 aromatic carbocycles. The average Bonchev–Trinajstić information content (AvgIpc) is 2.78. The molecule has 3 rings (SSSR count). The number of rotatable bonds is 5. The molecule has 0 saturated heterocycles. The molecule has 0 unspecified atom stereocenters. The van der Waals surface area contributed by atoms with Crippen LogP contribution in [0.2, 0.25) is 0 Å². The van der Waals surface area contributed by atoms with Crippen LogP contribution in [0.1, 0.15) is 57.4 Å². The molecule has 0 spiro atoms. The van der Waals surface area contributed by atoms with E-state index in [1.54, 1.807) is 22.0 Å². The predicted octanol–water partition coefficient (Wildman–Crippen LogP) is 4.31. The number of thiophene rings is 1. The van der Waals surface area contributed by atoms with Gasteiger partial charge in [0.15, 0.2) is 5.16 Å². The second-order valence-electron chi connectivity index (χ2n) is 8.34. The smallest absolute Gasteiger partial charge is 0.263 e. The third kappa shape index (κ3) is 4.51. The van der Waals surface area contributed by atoms with Gasteiger partial charge in [-0.3, -0.25) is 14.2 Å². The van der Waals surface area contributed by atoms with Crippen molar-refractivity contribution in [2.75, 3.05) is 0 Å². The van der Waals surface area contributed by atoms with Gasteiger partial charge in [0.05, 0.1) is 10.6 Å². The highest BCUT2D eigenvalue weighted by Gasteiger charge is 2.25. The normalized spacial score (nSPS) is 15.7. The van der Waals surface area contributed by atoms with Gasteiger partial charge in [0.25, 0.3) is 5.56 Å². The van der Waals surface area contributed by atoms with Gasteiger partial charge in [-0.15, -0.1) is 17.9 Å². The fraction of sp³-hybridized carbons (Fsp3) is 0.571. The lowest BCUT2D eigenvalue weighted by Gasteiger charge is -2.23. The molecule has 28 heavy (non-hydrogen) atoms. The van der Waals surface area contributed by atoms with Crippen molar-refractivity contribution in [1.29, 1.82) is 0 Å². The Morgan fingerprint density at radius 2 is 2.07 bits per heavy atom. The summed E-state index contributed by atoms with van der Waals surface area (Å²) in [6.45, 7) is 11.9. The highest BCUT2D eigenvalue weighted by atomic mass is 32.2. The first-order chi connectivity index (χ1) is 13.2. The summed E-state index contributed by atoms with van der Waals surface area (Å²) in [5, 5.41) is 4.01. The molecule has 0 aliphatic heterocycles. The molecule has 7 heteroatoms. The van der Waals surface area contributed by atoms with E-state index in [0.717, 1.165) is 29.5 Å². The summed E-state index contributed by atoms with van der Waals surface area (Å²) in [6.07, 6.45) is 7.21. The molecule has 2 heterocycles. The van der Waals surface area contributed by atoms with Crippen LogP contribution in [0.5, 0.6) is 0 Å². The lowest BCUT2D eigenvalue weighted by atomic mass is 10.1. The van der Waals surface area contributed by atoms with Crippen molar-refractivity contribution < 1.29 is 4.79 Å². The largest absolute Gasteiger partial charge is 0.351 e. The van der Waals surface area contributed by atoms with Crippen molar-refractivity contribution in [1.82, 2.24) is 14.9 Å².